The van der Waals surface area contributed by atoms with Gasteiger partial charge in [0.1, 0.15) is 5.75 Å². The third-order valence-electron chi connectivity index (χ3n) is 5.76. The number of tetrazole rings is 1. The van der Waals surface area contributed by atoms with Crippen molar-refractivity contribution in [3.05, 3.63) is 71.5 Å². The van der Waals surface area contributed by atoms with Gasteiger partial charge in [-0.05, 0) is 33.7 Å². The largest absolute Gasteiger partial charge is 0.497 e. The molecular formula is C23H30N6O2. The molecule has 1 fully saturated rings. The maximum absolute atomic E-state index is 5.35. The summed E-state index contributed by atoms with van der Waals surface area (Å²) in [7, 11) is 3.38. The Balaban J connectivity index is 1.53. The van der Waals surface area contributed by atoms with Crippen LogP contribution in [0.15, 0.2) is 54.6 Å². The Morgan fingerprint density at radius 2 is 1.68 bits per heavy atom. The molecule has 0 amide bonds. The highest BCUT2D eigenvalue weighted by Crippen LogP contribution is 2.29. The third-order valence-corrected chi connectivity index (χ3v) is 5.76. The number of hydrogen-bond acceptors (Lipinski definition) is 7. The van der Waals surface area contributed by atoms with Gasteiger partial charge in [-0.25, -0.2) is 4.68 Å². The molecule has 1 saturated heterocycles. The number of ether oxygens (including phenoxy) is 2. The Hall–Kier alpha value is -2.81. The number of nitrogens with zero attached hydrogens (tertiary/aromatic N) is 6. The summed E-state index contributed by atoms with van der Waals surface area (Å²) in [5.74, 6) is 1.69. The summed E-state index contributed by atoms with van der Waals surface area (Å²) in [4.78, 5) is 4.98. The van der Waals surface area contributed by atoms with Crippen LogP contribution in [0.4, 0.5) is 0 Å². The molecule has 0 aliphatic carbocycles. The lowest BCUT2D eigenvalue weighted by Gasteiger charge is -2.39. The SMILES string of the molecule is COCCn1nnnc1C(c1ccc(OC)cc1)N1CCN(Cc2ccccc2)CC1. The second-order valence-corrected chi connectivity index (χ2v) is 7.73. The van der Waals surface area contributed by atoms with Crippen molar-refractivity contribution in [3.8, 4) is 5.75 Å². The smallest absolute Gasteiger partial charge is 0.173 e. The maximum atomic E-state index is 5.35. The van der Waals surface area contributed by atoms with Crippen LogP contribution in [-0.4, -0.2) is 77.0 Å². The van der Waals surface area contributed by atoms with Gasteiger partial charge in [-0.15, -0.1) is 5.10 Å². The summed E-state index contributed by atoms with van der Waals surface area (Å²) < 4.78 is 12.5. The lowest BCUT2D eigenvalue weighted by atomic mass is 10.0. The zero-order chi connectivity index (χ0) is 21.5. The molecule has 2 aromatic carbocycles. The molecule has 1 aliphatic rings. The monoisotopic (exact) mass is 422 g/mol. The van der Waals surface area contributed by atoms with Crippen LogP contribution in [0.1, 0.15) is 23.0 Å². The molecule has 8 heteroatoms. The van der Waals surface area contributed by atoms with Gasteiger partial charge in [-0.1, -0.05) is 42.5 Å². The highest BCUT2D eigenvalue weighted by molar-refractivity contribution is 5.32. The van der Waals surface area contributed by atoms with Crippen molar-refractivity contribution in [2.24, 2.45) is 0 Å². The minimum Gasteiger partial charge on any atom is -0.497 e. The van der Waals surface area contributed by atoms with Crippen molar-refractivity contribution in [3.63, 3.8) is 0 Å². The number of benzene rings is 2. The number of aromatic nitrogens is 4. The van der Waals surface area contributed by atoms with Crippen molar-refractivity contribution in [1.82, 2.24) is 30.0 Å². The summed E-state index contributed by atoms with van der Waals surface area (Å²) in [6.07, 6.45) is 0. The van der Waals surface area contributed by atoms with Gasteiger partial charge in [-0.3, -0.25) is 9.80 Å². The van der Waals surface area contributed by atoms with Crippen molar-refractivity contribution in [2.75, 3.05) is 47.0 Å². The summed E-state index contributed by atoms with van der Waals surface area (Å²) in [5, 5.41) is 12.6. The van der Waals surface area contributed by atoms with E-state index in [-0.39, 0.29) is 6.04 Å². The molecule has 4 rings (SSSR count). The van der Waals surface area contributed by atoms with E-state index in [1.54, 1.807) is 14.2 Å². The van der Waals surface area contributed by atoms with Crippen molar-refractivity contribution >= 4 is 0 Å². The average Bonchev–Trinajstić information content (AvgIpc) is 3.28. The van der Waals surface area contributed by atoms with E-state index in [4.69, 9.17) is 9.47 Å². The fourth-order valence-electron chi connectivity index (χ4n) is 4.08. The molecule has 1 atom stereocenters. The van der Waals surface area contributed by atoms with Crippen LogP contribution in [0.3, 0.4) is 0 Å². The van der Waals surface area contributed by atoms with Crippen molar-refractivity contribution in [1.29, 1.82) is 0 Å². The average molecular weight is 423 g/mol. The summed E-state index contributed by atoms with van der Waals surface area (Å²) >= 11 is 0. The lowest BCUT2D eigenvalue weighted by Crippen LogP contribution is -2.48. The Bertz CT molecular complexity index is 923. The molecular weight excluding hydrogens is 392 g/mol. The molecule has 1 aliphatic heterocycles. The molecule has 0 bridgehead atoms. The summed E-state index contributed by atoms with van der Waals surface area (Å²) in [6, 6.07) is 18.8. The van der Waals surface area contributed by atoms with E-state index in [0.29, 0.717) is 13.2 Å². The van der Waals surface area contributed by atoms with E-state index in [1.165, 1.54) is 5.56 Å². The molecule has 1 aromatic heterocycles. The van der Waals surface area contributed by atoms with Gasteiger partial charge < -0.3 is 9.47 Å². The highest BCUT2D eigenvalue weighted by atomic mass is 16.5. The third kappa shape index (κ3) is 5.28. The fraction of sp³-hybridized carbons (Fsp3) is 0.435. The quantitative estimate of drug-likeness (QED) is 0.524. The molecule has 0 radical (unpaired) electrons. The number of piperazine rings is 1. The van der Waals surface area contributed by atoms with Gasteiger partial charge in [0.05, 0.1) is 26.3 Å². The summed E-state index contributed by atoms with van der Waals surface area (Å²) in [5.41, 5.74) is 2.51. The van der Waals surface area contributed by atoms with Gasteiger partial charge >= 0.3 is 0 Å². The number of methoxy groups -OCH3 is 2. The second-order valence-electron chi connectivity index (χ2n) is 7.73. The number of hydrogen-bond donors (Lipinski definition) is 0. The first-order valence-electron chi connectivity index (χ1n) is 10.7. The Labute approximate surface area is 183 Å². The van der Waals surface area contributed by atoms with E-state index in [9.17, 15) is 0 Å². The Kier molecular flexibility index (Phi) is 7.24. The molecule has 164 valence electrons. The molecule has 31 heavy (non-hydrogen) atoms. The van der Waals surface area contributed by atoms with E-state index in [0.717, 1.165) is 49.9 Å². The minimum absolute atomic E-state index is 0.0170. The van der Waals surface area contributed by atoms with Crippen molar-refractivity contribution in [2.45, 2.75) is 19.1 Å². The van der Waals surface area contributed by atoms with Crippen LogP contribution in [0.25, 0.3) is 0 Å². The van der Waals surface area contributed by atoms with Crippen LogP contribution in [0.2, 0.25) is 0 Å². The van der Waals surface area contributed by atoms with Crippen LogP contribution in [0, 0.1) is 0 Å². The molecule has 1 unspecified atom stereocenters. The van der Waals surface area contributed by atoms with E-state index >= 15 is 0 Å². The standard InChI is InChI=1S/C23H30N6O2/c1-30-17-16-29-23(24-25-26-29)22(20-8-10-21(31-2)11-9-20)28-14-12-27(13-15-28)18-19-6-4-3-5-7-19/h3-11,22H,12-18H2,1-2H3. The number of rotatable bonds is 9. The van der Waals surface area contributed by atoms with Crippen molar-refractivity contribution < 1.29 is 9.47 Å². The first-order valence-corrected chi connectivity index (χ1v) is 10.7. The van der Waals surface area contributed by atoms with Gasteiger partial charge in [0.15, 0.2) is 5.82 Å². The molecule has 8 nitrogen and oxygen atoms in total. The molecule has 3 aromatic rings. The van der Waals surface area contributed by atoms with Crippen LogP contribution in [-0.2, 0) is 17.8 Å². The lowest BCUT2D eigenvalue weighted by molar-refractivity contribution is 0.0988. The van der Waals surface area contributed by atoms with E-state index < -0.39 is 0 Å². The first kappa shape index (κ1) is 21.4. The van der Waals surface area contributed by atoms with Crippen LogP contribution >= 0.6 is 0 Å². The molecule has 0 saturated carbocycles. The minimum atomic E-state index is -0.0170. The Morgan fingerprint density at radius 1 is 0.935 bits per heavy atom. The predicted octanol–water partition coefficient (Wildman–Crippen LogP) is 2.24. The maximum Gasteiger partial charge on any atom is 0.173 e. The second kappa shape index (κ2) is 10.5. The summed E-state index contributed by atoms with van der Waals surface area (Å²) in [6.45, 7) is 6.06. The zero-order valence-corrected chi connectivity index (χ0v) is 18.2. The molecule has 2 heterocycles. The predicted molar refractivity (Wildman–Crippen MR) is 118 cm³/mol. The molecule has 0 spiro atoms. The zero-order valence-electron chi connectivity index (χ0n) is 18.2. The van der Waals surface area contributed by atoms with E-state index in [1.807, 2.05) is 16.8 Å². The van der Waals surface area contributed by atoms with Gasteiger partial charge in [0.2, 0.25) is 0 Å². The normalized spacial score (nSPS) is 16.3. The fourth-order valence-corrected chi connectivity index (χ4v) is 4.08. The van der Waals surface area contributed by atoms with Crippen LogP contribution < -0.4 is 4.74 Å². The van der Waals surface area contributed by atoms with Crippen LogP contribution in [0.5, 0.6) is 5.75 Å². The van der Waals surface area contributed by atoms with Gasteiger partial charge in [-0.2, -0.15) is 0 Å². The highest BCUT2D eigenvalue weighted by Gasteiger charge is 2.30. The Morgan fingerprint density at radius 3 is 2.35 bits per heavy atom. The van der Waals surface area contributed by atoms with Gasteiger partial charge in [0.25, 0.3) is 0 Å². The molecule has 0 N–H and O–H groups in total. The first-order chi connectivity index (χ1) is 15.3. The van der Waals surface area contributed by atoms with Gasteiger partial charge in [0, 0.05) is 39.8 Å². The van der Waals surface area contributed by atoms with E-state index in [2.05, 4.69) is 67.8 Å². The topological polar surface area (TPSA) is 68.5 Å².